The molecule has 1 aromatic rings. The van der Waals surface area contributed by atoms with Gasteiger partial charge < -0.3 is 14.6 Å². The Kier molecular flexibility index (Phi) is 17.5. The van der Waals surface area contributed by atoms with Gasteiger partial charge in [-0.15, -0.1) is 0 Å². The quantitative estimate of drug-likeness (QED) is 0.0782. The molecule has 0 spiro atoms. The maximum Gasteiger partial charge on any atom is 0.237 e. The molecule has 3 rings (SSSR count). The minimum Gasteiger partial charge on any atom is -0.468 e. The number of rotatable bonds is 16. The Morgan fingerprint density at radius 2 is 1.65 bits per heavy atom. The number of unbranched alkanes of at least 4 members (excludes halogenated alkanes) is 8. The van der Waals surface area contributed by atoms with Gasteiger partial charge in [-0.1, -0.05) is 70.9 Å². The Morgan fingerprint density at radius 3 is 2.25 bits per heavy atom. The van der Waals surface area contributed by atoms with Crippen LogP contribution in [0.3, 0.4) is 0 Å². The highest BCUT2D eigenvalue weighted by Crippen LogP contribution is 2.46. The summed E-state index contributed by atoms with van der Waals surface area (Å²) in [5, 5.41) is 18.4. The van der Waals surface area contributed by atoms with Gasteiger partial charge in [0.15, 0.2) is 0 Å². The SMILES string of the molecule is C[C@@H]1CC[C@@H]([C@@H](C)CO)C2=CO[C@@](C)(OO)CCC21.Fc1ccc(COCCCCCCCCCCCS)cc1.[HH]. The van der Waals surface area contributed by atoms with E-state index in [9.17, 15) is 9.50 Å². The molecule has 1 unspecified atom stereocenters. The first-order chi connectivity index (χ1) is 19.3. The van der Waals surface area contributed by atoms with E-state index in [1.807, 2.05) is 0 Å². The molecule has 0 radical (unpaired) electrons. The van der Waals surface area contributed by atoms with Crippen LogP contribution in [0.4, 0.5) is 4.39 Å². The van der Waals surface area contributed by atoms with Gasteiger partial charge in [-0.2, -0.15) is 17.5 Å². The first kappa shape index (κ1) is 35.1. The summed E-state index contributed by atoms with van der Waals surface area (Å²) in [4.78, 5) is 4.51. The number of aliphatic hydroxyl groups is 1. The molecule has 1 heterocycles. The summed E-state index contributed by atoms with van der Waals surface area (Å²) in [6.45, 7) is 7.73. The van der Waals surface area contributed by atoms with Crippen LogP contribution in [0, 0.1) is 29.5 Å². The van der Waals surface area contributed by atoms with E-state index in [0.717, 1.165) is 37.2 Å². The van der Waals surface area contributed by atoms with Gasteiger partial charge in [0, 0.05) is 28.0 Å². The van der Waals surface area contributed by atoms with E-state index in [0.29, 0.717) is 30.8 Å². The summed E-state index contributed by atoms with van der Waals surface area (Å²) in [5.41, 5.74) is 2.33. The predicted octanol–water partition coefficient (Wildman–Crippen LogP) is 9.21. The van der Waals surface area contributed by atoms with E-state index in [1.54, 1.807) is 25.3 Å². The van der Waals surface area contributed by atoms with Gasteiger partial charge in [0.2, 0.25) is 5.79 Å². The Labute approximate surface area is 249 Å². The molecule has 7 heteroatoms. The number of benzene rings is 1. The number of thiol groups is 1. The van der Waals surface area contributed by atoms with Crippen LogP contribution in [0.15, 0.2) is 36.1 Å². The highest BCUT2D eigenvalue weighted by Gasteiger charge is 2.40. The molecule has 0 bridgehead atoms. The van der Waals surface area contributed by atoms with Gasteiger partial charge in [0.25, 0.3) is 0 Å². The standard InChI is InChI=1S/C18H29FOS.C15H26O4.H2/c19-18-12-10-17(11-13-18)16-20-14-8-6-4-2-1-3-5-7-9-15-21;1-10-4-5-12(11(2)8-16)14-9-18-15(3,19-17)7-6-13(10)14;/h10-13,21H,1-9,14-16H2;9-13,16-17H,4-8H2,1-3H3;1H/t;10-,11+,12+,13?,15+;/m.1./s1. The zero-order chi connectivity index (χ0) is 29.2. The molecular formula is C33H57FO5S. The lowest BCUT2D eigenvalue weighted by Crippen LogP contribution is -2.31. The maximum atomic E-state index is 12.7. The van der Waals surface area contributed by atoms with Gasteiger partial charge >= 0.3 is 0 Å². The van der Waals surface area contributed by atoms with E-state index in [1.165, 1.54) is 75.5 Å². The van der Waals surface area contributed by atoms with Crippen molar-refractivity contribution in [3.63, 3.8) is 0 Å². The second kappa shape index (κ2) is 19.9. The molecule has 2 N–H and O–H groups in total. The average Bonchev–Trinajstić information content (AvgIpc) is 3.15. The molecule has 1 saturated carbocycles. The summed E-state index contributed by atoms with van der Waals surface area (Å²) in [5.74, 6) is 1.64. The Balaban J connectivity index is 0.000000402. The highest BCUT2D eigenvalue weighted by atomic mass is 32.1. The minimum absolute atomic E-state index is 0. The third-order valence-corrected chi connectivity index (χ3v) is 8.94. The summed E-state index contributed by atoms with van der Waals surface area (Å²) >= 11 is 4.22. The smallest absolute Gasteiger partial charge is 0.237 e. The molecule has 40 heavy (non-hydrogen) atoms. The van der Waals surface area contributed by atoms with E-state index in [4.69, 9.17) is 14.7 Å². The number of hydrogen-bond donors (Lipinski definition) is 3. The monoisotopic (exact) mass is 584 g/mol. The molecule has 232 valence electrons. The van der Waals surface area contributed by atoms with Crippen LogP contribution in [-0.2, 0) is 21.0 Å². The molecule has 5 atom stereocenters. The van der Waals surface area contributed by atoms with Crippen molar-refractivity contribution >= 4 is 12.6 Å². The molecule has 1 aromatic carbocycles. The lowest BCUT2D eigenvalue weighted by atomic mass is 9.66. The lowest BCUT2D eigenvalue weighted by Gasteiger charge is -2.38. The van der Waals surface area contributed by atoms with Crippen molar-refractivity contribution in [2.75, 3.05) is 19.0 Å². The van der Waals surface area contributed by atoms with Gasteiger partial charge in [-0.3, -0.25) is 0 Å². The number of fused-ring (bicyclic) bond motifs is 1. The topological polar surface area (TPSA) is 68.2 Å². The summed E-state index contributed by atoms with van der Waals surface area (Å²) in [7, 11) is 0. The normalized spacial score (nSPS) is 25.1. The lowest BCUT2D eigenvalue weighted by molar-refractivity contribution is -0.387. The second-order valence-corrected chi connectivity index (χ2v) is 12.5. The van der Waals surface area contributed by atoms with Crippen molar-refractivity contribution in [2.24, 2.45) is 23.7 Å². The summed E-state index contributed by atoms with van der Waals surface area (Å²) in [6.07, 6.45) is 17.4. The van der Waals surface area contributed by atoms with Crippen molar-refractivity contribution in [3.8, 4) is 0 Å². The van der Waals surface area contributed by atoms with Crippen molar-refractivity contribution in [3.05, 3.63) is 47.5 Å². The Morgan fingerprint density at radius 1 is 1.02 bits per heavy atom. The van der Waals surface area contributed by atoms with Crippen LogP contribution in [0.5, 0.6) is 0 Å². The van der Waals surface area contributed by atoms with Gasteiger partial charge in [0.05, 0.1) is 12.9 Å². The number of aliphatic hydroxyl groups excluding tert-OH is 1. The van der Waals surface area contributed by atoms with Crippen molar-refractivity contribution in [2.45, 2.75) is 117 Å². The maximum absolute atomic E-state index is 12.7. The van der Waals surface area contributed by atoms with E-state index >= 15 is 0 Å². The van der Waals surface area contributed by atoms with E-state index < -0.39 is 5.79 Å². The molecule has 0 aromatic heterocycles. The van der Waals surface area contributed by atoms with Crippen LogP contribution in [0.25, 0.3) is 0 Å². The zero-order valence-electron chi connectivity index (χ0n) is 25.2. The van der Waals surface area contributed by atoms with E-state index in [-0.39, 0.29) is 19.8 Å². The van der Waals surface area contributed by atoms with Crippen molar-refractivity contribution in [1.82, 2.24) is 0 Å². The fourth-order valence-electron chi connectivity index (χ4n) is 5.84. The average molecular weight is 585 g/mol. The summed E-state index contributed by atoms with van der Waals surface area (Å²) in [6, 6.07) is 6.52. The van der Waals surface area contributed by atoms with Crippen LogP contribution in [0.2, 0.25) is 0 Å². The van der Waals surface area contributed by atoms with Gasteiger partial charge in [-0.05, 0) is 84.8 Å². The van der Waals surface area contributed by atoms with Crippen LogP contribution >= 0.6 is 12.6 Å². The van der Waals surface area contributed by atoms with Gasteiger partial charge in [0.1, 0.15) is 5.82 Å². The number of halogens is 1. The van der Waals surface area contributed by atoms with Crippen molar-refractivity contribution < 1.29 is 30.5 Å². The minimum atomic E-state index is -0.933. The third kappa shape index (κ3) is 12.8. The van der Waals surface area contributed by atoms with Crippen molar-refractivity contribution in [1.29, 1.82) is 0 Å². The van der Waals surface area contributed by atoms with Crippen LogP contribution < -0.4 is 0 Å². The number of ether oxygens (including phenoxy) is 2. The fourth-order valence-corrected chi connectivity index (χ4v) is 6.06. The largest absolute Gasteiger partial charge is 0.468 e. The summed E-state index contributed by atoms with van der Waals surface area (Å²) < 4.78 is 24.0. The molecule has 2 aliphatic rings. The van der Waals surface area contributed by atoms with E-state index in [2.05, 4.69) is 31.4 Å². The zero-order valence-corrected chi connectivity index (χ0v) is 26.1. The first-order valence-electron chi connectivity index (χ1n) is 15.6. The first-order valence-corrected chi connectivity index (χ1v) is 16.2. The molecule has 1 aliphatic heterocycles. The highest BCUT2D eigenvalue weighted by molar-refractivity contribution is 7.80. The molecule has 5 nitrogen and oxygen atoms in total. The molecule has 1 fully saturated rings. The predicted molar refractivity (Wildman–Crippen MR) is 166 cm³/mol. The Hall–Kier alpha value is -1.12. The fraction of sp³-hybridized carbons (Fsp3) is 0.758. The molecule has 0 amide bonds. The third-order valence-electron chi connectivity index (χ3n) is 8.63. The van der Waals surface area contributed by atoms with Gasteiger partial charge in [-0.25, -0.2) is 9.65 Å². The van der Waals surface area contributed by atoms with Crippen LogP contribution in [-0.4, -0.2) is 35.1 Å². The van der Waals surface area contributed by atoms with Crippen LogP contribution in [0.1, 0.15) is 111 Å². The molecular weight excluding hydrogens is 527 g/mol. The Bertz CT molecular complexity index is 826. The number of hydrogen-bond acceptors (Lipinski definition) is 6. The number of allylic oxidation sites excluding steroid dienone is 1. The second-order valence-electron chi connectivity index (χ2n) is 12.0. The molecule has 0 saturated heterocycles. The molecule has 1 aliphatic carbocycles.